The lowest BCUT2D eigenvalue weighted by atomic mass is 10.1. The molecular weight excluding hydrogens is 286 g/mol. The predicted octanol–water partition coefficient (Wildman–Crippen LogP) is 4.13. The third-order valence-electron chi connectivity index (χ3n) is 3.10. The van der Waals surface area contributed by atoms with Crippen LogP contribution in [0.5, 0.6) is 11.5 Å². The van der Waals surface area contributed by atoms with Crippen molar-refractivity contribution in [2.24, 2.45) is 0 Å². The zero-order valence-electron chi connectivity index (χ0n) is 13.4. The number of halogens is 1. The number of rotatable bonds is 10. The van der Waals surface area contributed by atoms with Gasteiger partial charge in [-0.15, -0.1) is 19.0 Å². The maximum Gasteiger partial charge on any atom is 0.164 e. The molecule has 0 aliphatic rings. The van der Waals surface area contributed by atoms with Gasteiger partial charge >= 0.3 is 0 Å². The Morgan fingerprint density at radius 2 is 2.05 bits per heavy atom. The minimum Gasteiger partial charge on any atom is -0.493 e. The maximum atomic E-state index is 5.72. The summed E-state index contributed by atoms with van der Waals surface area (Å²) in [6.45, 7) is 10.5. The Morgan fingerprint density at radius 3 is 2.62 bits per heavy atom. The molecule has 0 aliphatic heterocycles. The van der Waals surface area contributed by atoms with Crippen molar-refractivity contribution in [2.45, 2.75) is 39.7 Å². The second-order valence-electron chi connectivity index (χ2n) is 4.74. The lowest BCUT2D eigenvalue weighted by Crippen LogP contribution is -2.15. The summed E-state index contributed by atoms with van der Waals surface area (Å²) in [7, 11) is 1.68. The number of ether oxygens (including phenoxy) is 2. The van der Waals surface area contributed by atoms with Crippen LogP contribution in [0, 0.1) is 0 Å². The van der Waals surface area contributed by atoms with E-state index in [-0.39, 0.29) is 12.4 Å². The van der Waals surface area contributed by atoms with Crippen LogP contribution in [-0.2, 0) is 13.0 Å². The summed E-state index contributed by atoms with van der Waals surface area (Å²) in [6.07, 6.45) is 5.09. The van der Waals surface area contributed by atoms with E-state index in [2.05, 4.69) is 31.0 Å². The molecule has 1 aromatic carbocycles. The van der Waals surface area contributed by atoms with Crippen LogP contribution >= 0.6 is 12.4 Å². The number of hydrogen-bond acceptors (Lipinski definition) is 3. The van der Waals surface area contributed by atoms with E-state index in [1.54, 1.807) is 7.11 Å². The van der Waals surface area contributed by atoms with Crippen molar-refractivity contribution in [3.63, 3.8) is 0 Å². The molecule has 0 fully saturated rings. The lowest BCUT2D eigenvalue weighted by Gasteiger charge is -2.16. The number of nitrogens with one attached hydrogen (secondary N) is 1. The third kappa shape index (κ3) is 6.40. The Labute approximate surface area is 135 Å². The molecule has 21 heavy (non-hydrogen) atoms. The average molecular weight is 314 g/mol. The first-order valence-corrected chi connectivity index (χ1v) is 7.40. The monoisotopic (exact) mass is 313 g/mol. The molecule has 0 spiro atoms. The van der Waals surface area contributed by atoms with Gasteiger partial charge in [0.15, 0.2) is 11.5 Å². The van der Waals surface area contributed by atoms with E-state index in [9.17, 15) is 0 Å². The van der Waals surface area contributed by atoms with Gasteiger partial charge in [0.1, 0.15) is 0 Å². The van der Waals surface area contributed by atoms with E-state index in [0.717, 1.165) is 36.6 Å². The summed E-state index contributed by atoms with van der Waals surface area (Å²) in [5, 5.41) is 3.45. The highest BCUT2D eigenvalue weighted by atomic mass is 35.5. The van der Waals surface area contributed by atoms with Crippen molar-refractivity contribution >= 4 is 12.4 Å². The number of allylic oxidation sites excluding steroid dienone is 1. The van der Waals surface area contributed by atoms with E-state index >= 15 is 0 Å². The van der Waals surface area contributed by atoms with Crippen molar-refractivity contribution in [3.05, 3.63) is 35.9 Å². The van der Waals surface area contributed by atoms with E-state index in [1.165, 1.54) is 18.4 Å². The minimum absolute atomic E-state index is 0. The molecule has 4 heteroatoms. The number of benzene rings is 1. The molecule has 0 radical (unpaired) electrons. The first-order chi connectivity index (χ1) is 9.76. The molecule has 0 saturated carbocycles. The first-order valence-electron chi connectivity index (χ1n) is 7.40. The highest BCUT2D eigenvalue weighted by Gasteiger charge is 2.12. The summed E-state index contributed by atoms with van der Waals surface area (Å²) in [5.74, 6) is 1.64. The van der Waals surface area contributed by atoms with Gasteiger partial charge in [-0.05, 0) is 37.9 Å². The second-order valence-corrected chi connectivity index (χ2v) is 4.74. The lowest BCUT2D eigenvalue weighted by molar-refractivity contribution is 0.308. The van der Waals surface area contributed by atoms with Gasteiger partial charge in [-0.2, -0.15) is 0 Å². The predicted molar refractivity (Wildman–Crippen MR) is 91.9 cm³/mol. The zero-order chi connectivity index (χ0) is 14.8. The van der Waals surface area contributed by atoms with Crippen molar-refractivity contribution in [3.8, 4) is 11.5 Å². The second kappa shape index (κ2) is 11.5. The molecule has 0 saturated heterocycles. The normalized spacial score (nSPS) is 9.86. The summed E-state index contributed by atoms with van der Waals surface area (Å²) in [5.41, 5.74) is 2.35. The highest BCUT2D eigenvalue weighted by Crippen LogP contribution is 2.33. The Bertz CT molecular complexity index is 421. The van der Waals surface area contributed by atoms with Crippen LogP contribution in [0.3, 0.4) is 0 Å². The topological polar surface area (TPSA) is 30.5 Å². The maximum absolute atomic E-state index is 5.72. The van der Waals surface area contributed by atoms with E-state index in [0.29, 0.717) is 6.61 Å². The van der Waals surface area contributed by atoms with Crippen molar-refractivity contribution < 1.29 is 9.47 Å². The van der Waals surface area contributed by atoms with Gasteiger partial charge in [0, 0.05) is 12.1 Å². The molecule has 3 nitrogen and oxygen atoms in total. The molecule has 0 atom stereocenters. The smallest absolute Gasteiger partial charge is 0.164 e. The van der Waals surface area contributed by atoms with Gasteiger partial charge in [0.25, 0.3) is 0 Å². The molecule has 0 amide bonds. The SMILES string of the molecule is C=CCc1cc(CNCCCC)cc(OC)c1OCC.Cl. The summed E-state index contributed by atoms with van der Waals surface area (Å²) < 4.78 is 11.2. The standard InChI is InChI=1S/C17H27NO2.ClH/c1-5-8-10-18-13-14-11-15(9-6-2)17(20-7-3)16(12-14)19-4;/h6,11-12,18H,2,5,7-10,13H2,1,3-4H3;1H. The number of hydrogen-bond donors (Lipinski definition) is 1. The fourth-order valence-electron chi connectivity index (χ4n) is 2.13. The van der Waals surface area contributed by atoms with E-state index < -0.39 is 0 Å². The van der Waals surface area contributed by atoms with Crippen molar-refractivity contribution in [1.82, 2.24) is 5.32 Å². The van der Waals surface area contributed by atoms with Crippen molar-refractivity contribution in [2.75, 3.05) is 20.3 Å². The molecule has 1 aromatic rings. The molecule has 0 bridgehead atoms. The third-order valence-corrected chi connectivity index (χ3v) is 3.10. The van der Waals surface area contributed by atoms with Gasteiger partial charge in [-0.3, -0.25) is 0 Å². The van der Waals surface area contributed by atoms with Gasteiger partial charge < -0.3 is 14.8 Å². The quantitative estimate of drug-likeness (QED) is 0.520. The van der Waals surface area contributed by atoms with Crippen LogP contribution in [0.15, 0.2) is 24.8 Å². The van der Waals surface area contributed by atoms with Crippen LogP contribution < -0.4 is 14.8 Å². The molecular formula is C17H28ClNO2. The highest BCUT2D eigenvalue weighted by molar-refractivity contribution is 5.85. The fourth-order valence-corrected chi connectivity index (χ4v) is 2.13. The molecule has 0 aliphatic carbocycles. The van der Waals surface area contributed by atoms with Crippen LogP contribution in [0.4, 0.5) is 0 Å². The number of unbranched alkanes of at least 4 members (excludes halogenated alkanes) is 1. The Balaban J connectivity index is 0.00000400. The summed E-state index contributed by atoms with van der Waals surface area (Å²) in [4.78, 5) is 0. The number of methoxy groups -OCH3 is 1. The van der Waals surface area contributed by atoms with Gasteiger partial charge in [0.05, 0.1) is 13.7 Å². The van der Waals surface area contributed by atoms with Crippen LogP contribution in [-0.4, -0.2) is 20.3 Å². The summed E-state index contributed by atoms with van der Waals surface area (Å²) in [6, 6.07) is 4.23. The average Bonchev–Trinajstić information content (AvgIpc) is 2.46. The molecule has 120 valence electrons. The molecule has 0 unspecified atom stereocenters. The van der Waals surface area contributed by atoms with E-state index in [4.69, 9.17) is 9.47 Å². The van der Waals surface area contributed by atoms with E-state index in [1.807, 2.05) is 13.0 Å². The molecule has 0 aromatic heterocycles. The van der Waals surface area contributed by atoms with Gasteiger partial charge in [-0.25, -0.2) is 0 Å². The summed E-state index contributed by atoms with van der Waals surface area (Å²) >= 11 is 0. The molecule has 1 N–H and O–H groups in total. The van der Waals surface area contributed by atoms with Crippen LogP contribution in [0.1, 0.15) is 37.8 Å². The Hall–Kier alpha value is -1.19. The van der Waals surface area contributed by atoms with Crippen molar-refractivity contribution in [1.29, 1.82) is 0 Å². The zero-order valence-corrected chi connectivity index (χ0v) is 14.2. The Kier molecular flexibility index (Phi) is 10.8. The van der Waals surface area contributed by atoms with Crippen LogP contribution in [0.25, 0.3) is 0 Å². The largest absolute Gasteiger partial charge is 0.493 e. The minimum atomic E-state index is 0. The first kappa shape index (κ1) is 19.8. The van der Waals surface area contributed by atoms with Gasteiger partial charge in [-0.1, -0.05) is 25.5 Å². The van der Waals surface area contributed by atoms with Gasteiger partial charge in [0.2, 0.25) is 0 Å². The molecule has 1 rings (SSSR count). The Morgan fingerprint density at radius 1 is 1.29 bits per heavy atom. The van der Waals surface area contributed by atoms with Crippen LogP contribution in [0.2, 0.25) is 0 Å². The fraction of sp³-hybridized carbons (Fsp3) is 0.529. The molecule has 0 heterocycles.